The molecule has 2 rings (SSSR count). The number of hydrogen-bond donors (Lipinski definition) is 1. The molecule has 0 aromatic heterocycles. The molecule has 86 valence electrons. The standard InChI is InChI=1S/C10H18N2O3/c1-11-5-3-4-10(7-11)6-8(9(13)14)12(2)15-10/h8H,3-7H2,1-2H3,(H,13,14). The predicted octanol–water partition coefficient (Wildman–Crippen LogP) is 0.171. The summed E-state index contributed by atoms with van der Waals surface area (Å²) in [6, 6.07) is -0.489. The first-order chi connectivity index (χ1) is 7.02. The van der Waals surface area contributed by atoms with Gasteiger partial charge in [0.1, 0.15) is 11.6 Å². The van der Waals surface area contributed by atoms with E-state index in [0.717, 1.165) is 25.9 Å². The Morgan fingerprint density at radius 2 is 2.27 bits per heavy atom. The molecule has 0 bridgehead atoms. The van der Waals surface area contributed by atoms with Gasteiger partial charge in [0, 0.05) is 20.0 Å². The van der Waals surface area contributed by atoms with Crippen LogP contribution in [-0.2, 0) is 9.63 Å². The average molecular weight is 214 g/mol. The van der Waals surface area contributed by atoms with E-state index >= 15 is 0 Å². The first-order valence-electron chi connectivity index (χ1n) is 5.36. The summed E-state index contributed by atoms with van der Waals surface area (Å²) in [6.45, 7) is 1.91. The molecule has 2 aliphatic rings. The molecule has 0 radical (unpaired) electrons. The zero-order valence-corrected chi connectivity index (χ0v) is 9.27. The van der Waals surface area contributed by atoms with E-state index in [0.29, 0.717) is 6.42 Å². The SMILES string of the molecule is CN1CCCC2(CC(C(=O)O)N(C)O2)C1. The molecule has 0 aromatic rings. The lowest BCUT2D eigenvalue weighted by molar-refractivity contribution is -0.207. The maximum absolute atomic E-state index is 11.0. The van der Waals surface area contributed by atoms with E-state index in [9.17, 15) is 4.79 Å². The second-order valence-electron chi connectivity index (χ2n) is 4.72. The van der Waals surface area contributed by atoms with Crippen LogP contribution >= 0.6 is 0 Å². The van der Waals surface area contributed by atoms with Crippen molar-refractivity contribution in [2.24, 2.45) is 0 Å². The van der Waals surface area contributed by atoms with Crippen LogP contribution in [0.5, 0.6) is 0 Å². The minimum absolute atomic E-state index is 0.259. The van der Waals surface area contributed by atoms with Gasteiger partial charge in [0.25, 0.3) is 0 Å². The topological polar surface area (TPSA) is 53.0 Å². The smallest absolute Gasteiger partial charge is 0.323 e. The molecule has 2 aliphatic heterocycles. The summed E-state index contributed by atoms with van der Waals surface area (Å²) in [6.07, 6.45) is 2.64. The first-order valence-corrected chi connectivity index (χ1v) is 5.36. The summed E-state index contributed by atoms with van der Waals surface area (Å²) in [4.78, 5) is 18.9. The second kappa shape index (κ2) is 3.73. The molecule has 1 spiro atoms. The largest absolute Gasteiger partial charge is 0.480 e. The number of piperidine rings is 1. The van der Waals surface area contributed by atoms with Crippen LogP contribution in [0.4, 0.5) is 0 Å². The van der Waals surface area contributed by atoms with E-state index in [-0.39, 0.29) is 5.60 Å². The van der Waals surface area contributed by atoms with Gasteiger partial charge in [0.15, 0.2) is 0 Å². The van der Waals surface area contributed by atoms with Crippen LogP contribution in [0, 0.1) is 0 Å². The van der Waals surface area contributed by atoms with Gasteiger partial charge in [-0.1, -0.05) is 0 Å². The van der Waals surface area contributed by atoms with Gasteiger partial charge in [-0.2, -0.15) is 5.06 Å². The summed E-state index contributed by atoms with van der Waals surface area (Å²) >= 11 is 0. The normalized spacial score (nSPS) is 38.7. The van der Waals surface area contributed by atoms with Crippen molar-refractivity contribution in [3.05, 3.63) is 0 Å². The monoisotopic (exact) mass is 214 g/mol. The third-order valence-corrected chi connectivity index (χ3v) is 3.36. The molecule has 5 heteroatoms. The van der Waals surface area contributed by atoms with Crippen molar-refractivity contribution in [2.45, 2.75) is 30.9 Å². The zero-order chi connectivity index (χ0) is 11.1. The maximum Gasteiger partial charge on any atom is 0.323 e. The molecule has 2 saturated heterocycles. The van der Waals surface area contributed by atoms with Crippen LogP contribution in [0.25, 0.3) is 0 Å². The molecule has 2 atom stereocenters. The molecule has 1 N–H and O–H groups in total. The first kappa shape index (κ1) is 10.9. The zero-order valence-electron chi connectivity index (χ0n) is 9.27. The highest BCUT2D eigenvalue weighted by molar-refractivity contribution is 5.73. The number of nitrogens with zero attached hydrogens (tertiary/aromatic N) is 2. The van der Waals surface area contributed by atoms with E-state index in [4.69, 9.17) is 9.94 Å². The number of rotatable bonds is 1. The van der Waals surface area contributed by atoms with Gasteiger partial charge in [-0.05, 0) is 26.4 Å². The van der Waals surface area contributed by atoms with Crippen molar-refractivity contribution in [1.29, 1.82) is 0 Å². The van der Waals surface area contributed by atoms with E-state index in [1.54, 1.807) is 7.05 Å². The number of hydrogen-bond acceptors (Lipinski definition) is 4. The van der Waals surface area contributed by atoms with Crippen molar-refractivity contribution >= 4 is 5.97 Å². The third-order valence-electron chi connectivity index (χ3n) is 3.36. The van der Waals surface area contributed by atoms with E-state index < -0.39 is 12.0 Å². The highest BCUT2D eigenvalue weighted by Crippen LogP contribution is 2.36. The molecular formula is C10H18N2O3. The van der Waals surface area contributed by atoms with Crippen molar-refractivity contribution in [3.8, 4) is 0 Å². The van der Waals surface area contributed by atoms with Crippen molar-refractivity contribution in [1.82, 2.24) is 9.96 Å². The highest BCUT2D eigenvalue weighted by Gasteiger charge is 2.48. The van der Waals surface area contributed by atoms with Gasteiger partial charge < -0.3 is 10.0 Å². The summed E-state index contributed by atoms with van der Waals surface area (Å²) in [7, 11) is 3.76. The Kier molecular flexibility index (Phi) is 2.70. The van der Waals surface area contributed by atoms with E-state index in [1.165, 1.54) is 5.06 Å². The quantitative estimate of drug-likeness (QED) is 0.674. The molecule has 0 aromatic carbocycles. The summed E-state index contributed by atoms with van der Waals surface area (Å²) in [5, 5.41) is 10.5. The molecule has 2 unspecified atom stereocenters. The lowest BCUT2D eigenvalue weighted by atomic mass is 9.88. The third kappa shape index (κ3) is 2.00. The Morgan fingerprint density at radius 3 is 2.80 bits per heavy atom. The number of likely N-dealkylation sites (tertiary alicyclic amines) is 1. The van der Waals surface area contributed by atoms with E-state index in [2.05, 4.69) is 11.9 Å². The second-order valence-corrected chi connectivity index (χ2v) is 4.72. The molecule has 15 heavy (non-hydrogen) atoms. The summed E-state index contributed by atoms with van der Waals surface area (Å²) in [5.41, 5.74) is -0.259. The van der Waals surface area contributed by atoms with Crippen molar-refractivity contribution in [2.75, 3.05) is 27.2 Å². The number of carbonyl (C=O) groups is 1. The van der Waals surface area contributed by atoms with Gasteiger partial charge in [0.05, 0.1) is 0 Å². The molecular weight excluding hydrogens is 196 g/mol. The summed E-state index contributed by atoms with van der Waals surface area (Å²) < 4.78 is 0. The number of carboxylic acids is 1. The highest BCUT2D eigenvalue weighted by atomic mass is 16.7. The molecule has 0 amide bonds. The molecule has 2 fully saturated rings. The number of likely N-dealkylation sites (N-methyl/N-ethyl adjacent to an activating group) is 2. The number of aliphatic carboxylic acids is 1. The van der Waals surface area contributed by atoms with Gasteiger partial charge in [-0.15, -0.1) is 0 Å². The van der Waals surface area contributed by atoms with Crippen LogP contribution in [0.1, 0.15) is 19.3 Å². The fourth-order valence-corrected chi connectivity index (χ4v) is 2.69. The van der Waals surface area contributed by atoms with E-state index in [1.807, 2.05) is 0 Å². The van der Waals surface area contributed by atoms with Gasteiger partial charge >= 0.3 is 5.97 Å². The predicted molar refractivity (Wildman–Crippen MR) is 54.4 cm³/mol. The Bertz CT molecular complexity index is 271. The average Bonchev–Trinajstić information content (AvgIpc) is 2.42. The van der Waals surface area contributed by atoms with Crippen LogP contribution < -0.4 is 0 Å². The lowest BCUT2D eigenvalue weighted by Crippen LogP contribution is -2.46. The Balaban J connectivity index is 2.08. The molecule has 5 nitrogen and oxygen atoms in total. The Labute approximate surface area is 89.6 Å². The van der Waals surface area contributed by atoms with Gasteiger partial charge in [-0.25, -0.2) is 0 Å². The number of carboxylic acid groups (broad SMARTS) is 1. The molecule has 0 aliphatic carbocycles. The fraction of sp³-hybridized carbons (Fsp3) is 0.900. The molecule has 0 saturated carbocycles. The Hall–Kier alpha value is -0.650. The van der Waals surface area contributed by atoms with Crippen molar-refractivity contribution in [3.63, 3.8) is 0 Å². The van der Waals surface area contributed by atoms with Crippen LogP contribution in [0.15, 0.2) is 0 Å². The molecule has 2 heterocycles. The van der Waals surface area contributed by atoms with Crippen LogP contribution in [0.2, 0.25) is 0 Å². The minimum Gasteiger partial charge on any atom is -0.480 e. The fourth-order valence-electron chi connectivity index (χ4n) is 2.69. The summed E-state index contributed by atoms with van der Waals surface area (Å²) in [5.74, 6) is -0.789. The van der Waals surface area contributed by atoms with Gasteiger partial charge in [-0.3, -0.25) is 9.63 Å². The van der Waals surface area contributed by atoms with Crippen LogP contribution in [-0.4, -0.2) is 59.9 Å². The van der Waals surface area contributed by atoms with Gasteiger partial charge in [0.2, 0.25) is 0 Å². The van der Waals surface area contributed by atoms with Crippen LogP contribution in [0.3, 0.4) is 0 Å². The number of hydroxylamine groups is 2. The minimum atomic E-state index is -0.789. The van der Waals surface area contributed by atoms with Crippen molar-refractivity contribution < 1.29 is 14.7 Å². The lowest BCUT2D eigenvalue weighted by Gasteiger charge is -2.37. The Morgan fingerprint density at radius 1 is 1.53 bits per heavy atom. The maximum atomic E-state index is 11.0.